The molecule has 2 rings (SSSR count). The molecule has 108 valence electrons. The quantitative estimate of drug-likeness (QED) is 0.494. The third-order valence-corrected chi connectivity index (χ3v) is 3.85. The molecule has 0 aliphatic heterocycles. The van der Waals surface area contributed by atoms with Gasteiger partial charge in [-0.1, -0.05) is 30.1 Å². The van der Waals surface area contributed by atoms with Gasteiger partial charge >= 0.3 is 5.82 Å². The highest BCUT2D eigenvalue weighted by molar-refractivity contribution is 6.41. The van der Waals surface area contributed by atoms with Crippen LogP contribution in [-0.4, -0.2) is 15.9 Å². The lowest BCUT2D eigenvalue weighted by Gasteiger charge is -2.18. The van der Waals surface area contributed by atoms with Crippen molar-refractivity contribution in [1.29, 1.82) is 0 Å². The molecule has 0 amide bonds. The molecule has 1 atom stereocenters. The number of nitrogens with one attached hydrogen (secondary N) is 1. The van der Waals surface area contributed by atoms with Crippen molar-refractivity contribution in [1.82, 2.24) is 10.3 Å². The Balaban J connectivity index is 2.34. The fourth-order valence-corrected chi connectivity index (χ4v) is 2.08. The van der Waals surface area contributed by atoms with Crippen LogP contribution in [-0.2, 0) is 0 Å². The molecule has 1 fully saturated rings. The summed E-state index contributed by atoms with van der Waals surface area (Å²) < 4.78 is 0. The second-order valence-corrected chi connectivity index (χ2v) is 5.50. The minimum atomic E-state index is -0.591. The molecule has 1 heterocycles. The summed E-state index contributed by atoms with van der Waals surface area (Å²) in [5.74, 6) is -0.696. The molecule has 0 radical (unpaired) electrons. The lowest BCUT2D eigenvalue weighted by Crippen LogP contribution is -2.27. The van der Waals surface area contributed by atoms with E-state index in [0.717, 1.165) is 12.8 Å². The monoisotopic (exact) mass is 316 g/mol. The van der Waals surface area contributed by atoms with Gasteiger partial charge in [0, 0.05) is 18.2 Å². The zero-order valence-electron chi connectivity index (χ0n) is 10.8. The van der Waals surface area contributed by atoms with Crippen LogP contribution in [0.25, 0.3) is 0 Å². The van der Waals surface area contributed by atoms with Crippen LogP contribution in [0, 0.1) is 10.1 Å². The average Bonchev–Trinajstić information content (AvgIpc) is 3.21. The van der Waals surface area contributed by atoms with E-state index < -0.39 is 4.92 Å². The van der Waals surface area contributed by atoms with Crippen LogP contribution in [0.2, 0.25) is 10.2 Å². The molecule has 0 bridgehead atoms. The first-order valence-electron chi connectivity index (χ1n) is 6.11. The van der Waals surface area contributed by atoms with Crippen molar-refractivity contribution < 1.29 is 4.92 Å². The van der Waals surface area contributed by atoms with E-state index in [-0.39, 0.29) is 22.9 Å². The van der Waals surface area contributed by atoms with Gasteiger partial charge in [0.05, 0.1) is 5.02 Å². The Morgan fingerprint density at radius 1 is 1.60 bits per heavy atom. The Labute approximate surface area is 126 Å². The fourth-order valence-electron chi connectivity index (χ4n) is 1.81. The maximum atomic E-state index is 10.9. The van der Waals surface area contributed by atoms with Crippen molar-refractivity contribution in [2.24, 2.45) is 5.73 Å². The first kappa shape index (κ1) is 14.9. The van der Waals surface area contributed by atoms with Gasteiger partial charge in [0.1, 0.15) is 10.9 Å². The van der Waals surface area contributed by atoms with Crippen LogP contribution in [0.3, 0.4) is 0 Å². The van der Waals surface area contributed by atoms with Crippen LogP contribution in [0.4, 0.5) is 0 Å². The number of nitrogens with zero attached hydrogens (tertiary/aromatic N) is 2. The number of halogens is 2. The van der Waals surface area contributed by atoms with Gasteiger partial charge in [-0.25, -0.2) is 4.98 Å². The van der Waals surface area contributed by atoms with Crippen molar-refractivity contribution in [3.63, 3.8) is 0 Å². The van der Waals surface area contributed by atoms with E-state index >= 15 is 0 Å². The van der Waals surface area contributed by atoms with E-state index in [1.54, 1.807) is 12.3 Å². The lowest BCUT2D eigenvalue weighted by atomic mass is 9.99. The number of nitro groups is 1. The van der Waals surface area contributed by atoms with Gasteiger partial charge in [0.2, 0.25) is 0 Å². The number of hydrogen-bond donors (Lipinski definition) is 2. The smallest absolute Gasteiger partial charge is 0.333 e. The fraction of sp³-hybridized carbons (Fsp3) is 0.417. The molecule has 1 aromatic rings. The Kier molecular flexibility index (Phi) is 4.35. The summed E-state index contributed by atoms with van der Waals surface area (Å²) in [5.41, 5.74) is 6.68. The van der Waals surface area contributed by atoms with Crippen LogP contribution < -0.4 is 11.1 Å². The van der Waals surface area contributed by atoms with E-state index in [4.69, 9.17) is 28.9 Å². The summed E-state index contributed by atoms with van der Waals surface area (Å²) in [6.07, 6.45) is 3.52. The number of aromatic nitrogens is 1. The van der Waals surface area contributed by atoms with Gasteiger partial charge in [-0.05, 0) is 29.4 Å². The molecule has 1 aliphatic rings. The Morgan fingerprint density at radius 3 is 2.75 bits per heavy atom. The van der Waals surface area contributed by atoms with Crippen LogP contribution >= 0.6 is 23.2 Å². The van der Waals surface area contributed by atoms with Crippen molar-refractivity contribution in [3.05, 3.63) is 49.6 Å². The van der Waals surface area contributed by atoms with Gasteiger partial charge in [-0.3, -0.25) is 5.73 Å². The van der Waals surface area contributed by atoms with Crippen molar-refractivity contribution in [3.8, 4) is 0 Å². The third kappa shape index (κ3) is 3.32. The van der Waals surface area contributed by atoms with E-state index in [9.17, 15) is 10.1 Å². The molecule has 3 N–H and O–H groups in total. The van der Waals surface area contributed by atoms with Gasteiger partial charge in [0.15, 0.2) is 0 Å². The zero-order valence-corrected chi connectivity index (χ0v) is 12.3. The second kappa shape index (κ2) is 5.85. The molecule has 1 aliphatic carbocycles. The predicted octanol–water partition coefficient (Wildman–Crippen LogP) is 2.65. The molecule has 0 spiro atoms. The van der Waals surface area contributed by atoms with Crippen molar-refractivity contribution in [2.45, 2.75) is 31.7 Å². The molecule has 20 heavy (non-hydrogen) atoms. The molecule has 0 saturated heterocycles. The highest BCUT2D eigenvalue weighted by Crippen LogP contribution is 2.30. The zero-order chi connectivity index (χ0) is 14.9. The molecule has 1 unspecified atom stereocenters. The highest BCUT2D eigenvalue weighted by atomic mass is 35.5. The maximum absolute atomic E-state index is 10.9. The first-order valence-corrected chi connectivity index (χ1v) is 6.87. The van der Waals surface area contributed by atoms with E-state index in [1.165, 1.54) is 0 Å². The average molecular weight is 317 g/mol. The van der Waals surface area contributed by atoms with Crippen molar-refractivity contribution >= 4 is 23.2 Å². The Bertz CT molecular complexity index is 573. The highest BCUT2D eigenvalue weighted by Gasteiger charge is 2.29. The summed E-state index contributed by atoms with van der Waals surface area (Å²) in [4.78, 5) is 14.3. The topological polar surface area (TPSA) is 94.1 Å². The lowest BCUT2D eigenvalue weighted by molar-refractivity contribution is -0.428. The number of nitrogens with two attached hydrogens (primary N) is 1. The van der Waals surface area contributed by atoms with E-state index in [0.29, 0.717) is 16.3 Å². The second-order valence-electron chi connectivity index (χ2n) is 4.74. The van der Waals surface area contributed by atoms with Gasteiger partial charge < -0.3 is 15.4 Å². The summed E-state index contributed by atoms with van der Waals surface area (Å²) in [5, 5.41) is 14.5. The van der Waals surface area contributed by atoms with Crippen molar-refractivity contribution in [2.75, 3.05) is 0 Å². The van der Waals surface area contributed by atoms with Crippen LogP contribution in [0.5, 0.6) is 0 Å². The summed E-state index contributed by atoms with van der Waals surface area (Å²) in [7, 11) is 0. The predicted molar refractivity (Wildman–Crippen MR) is 77.0 cm³/mol. The Hall–Kier alpha value is -1.53. The first-order chi connectivity index (χ1) is 9.40. The van der Waals surface area contributed by atoms with Gasteiger partial charge in [-0.2, -0.15) is 0 Å². The Morgan fingerprint density at radius 2 is 2.25 bits per heavy atom. The molecular formula is C12H14Cl2N4O2. The van der Waals surface area contributed by atoms with Gasteiger partial charge in [0.25, 0.3) is 0 Å². The number of hydrogen-bond acceptors (Lipinski definition) is 5. The maximum Gasteiger partial charge on any atom is 0.333 e. The molecule has 1 saturated carbocycles. The number of rotatable bonds is 5. The summed E-state index contributed by atoms with van der Waals surface area (Å²) >= 11 is 11.7. The largest absolute Gasteiger partial charge is 0.378 e. The minimum absolute atomic E-state index is 0.200. The van der Waals surface area contributed by atoms with Gasteiger partial charge in [-0.15, -0.1) is 0 Å². The van der Waals surface area contributed by atoms with Crippen LogP contribution in [0.1, 0.15) is 31.2 Å². The summed E-state index contributed by atoms with van der Waals surface area (Å²) in [6.45, 7) is 1.81. The SMILES string of the molecule is CC(C(NC1CC1)=C(N)[N+](=O)[O-])c1cnc(Cl)c(Cl)c1. The van der Waals surface area contributed by atoms with E-state index in [1.807, 2.05) is 6.92 Å². The standard InChI is InChI=1S/C12H14Cl2N4O2/c1-6(7-4-9(13)11(14)16-5-7)10(12(15)18(19)20)17-8-2-3-8/h4-6,8,17H,2-3,15H2,1H3. The molecule has 1 aromatic heterocycles. The normalized spacial score (nSPS) is 17.4. The molecule has 6 nitrogen and oxygen atoms in total. The van der Waals surface area contributed by atoms with E-state index in [2.05, 4.69) is 10.3 Å². The summed E-state index contributed by atoms with van der Waals surface area (Å²) in [6, 6.07) is 1.89. The third-order valence-electron chi connectivity index (χ3n) is 3.16. The minimum Gasteiger partial charge on any atom is -0.378 e. The number of allylic oxidation sites excluding steroid dienone is 1. The molecule has 8 heteroatoms. The molecular weight excluding hydrogens is 303 g/mol. The number of pyridine rings is 1. The molecule has 0 aromatic carbocycles. The van der Waals surface area contributed by atoms with Crippen LogP contribution in [0.15, 0.2) is 23.8 Å².